The largest absolute Gasteiger partial charge is 0.480 e. The van der Waals surface area contributed by atoms with Crippen LogP contribution in [-0.2, 0) is 4.79 Å². The maximum Gasteiger partial charge on any atom is 0.323 e. The van der Waals surface area contributed by atoms with Gasteiger partial charge in [-0.15, -0.1) is 0 Å². The van der Waals surface area contributed by atoms with Gasteiger partial charge < -0.3 is 15.3 Å². The van der Waals surface area contributed by atoms with Gasteiger partial charge in [-0.3, -0.25) is 9.69 Å². The van der Waals surface area contributed by atoms with Crippen LogP contribution in [0, 0.1) is 0 Å². The van der Waals surface area contributed by atoms with Crippen LogP contribution in [0.3, 0.4) is 0 Å². The molecule has 0 radical (unpaired) electrons. The van der Waals surface area contributed by atoms with Crippen LogP contribution in [-0.4, -0.2) is 71.7 Å². The van der Waals surface area contributed by atoms with Crippen LogP contribution in [0.5, 0.6) is 0 Å². The van der Waals surface area contributed by atoms with Crippen molar-refractivity contribution in [2.75, 3.05) is 39.3 Å². The Morgan fingerprint density at radius 3 is 2.85 bits per heavy atom. The van der Waals surface area contributed by atoms with Gasteiger partial charge in [0, 0.05) is 32.2 Å². The van der Waals surface area contributed by atoms with Crippen LogP contribution in [0.25, 0.3) is 0 Å². The molecule has 2 N–H and O–H groups in total. The van der Waals surface area contributed by atoms with E-state index in [9.17, 15) is 9.90 Å². The lowest BCUT2D eigenvalue weighted by Gasteiger charge is -2.44. The average Bonchev–Trinajstić information content (AvgIpc) is 2.45. The molecule has 0 bridgehead atoms. The van der Waals surface area contributed by atoms with Gasteiger partial charge in [0.1, 0.15) is 5.54 Å². The van der Waals surface area contributed by atoms with Crippen molar-refractivity contribution >= 4 is 5.97 Å². The lowest BCUT2D eigenvalue weighted by molar-refractivity contribution is -0.144. The van der Waals surface area contributed by atoms with Gasteiger partial charge >= 0.3 is 5.97 Å². The summed E-state index contributed by atoms with van der Waals surface area (Å²) in [6.45, 7) is 9.93. The number of carboxylic acid groups (broad SMARTS) is 1. The lowest BCUT2D eigenvalue weighted by Crippen LogP contribution is -2.57. The molecule has 2 heterocycles. The van der Waals surface area contributed by atoms with E-state index in [4.69, 9.17) is 0 Å². The van der Waals surface area contributed by atoms with Crippen molar-refractivity contribution in [2.45, 2.75) is 51.1 Å². The van der Waals surface area contributed by atoms with Gasteiger partial charge in [0.2, 0.25) is 0 Å². The Hall–Kier alpha value is -0.650. The maximum atomic E-state index is 11.4. The summed E-state index contributed by atoms with van der Waals surface area (Å²) in [5, 5.41) is 12.5. The molecule has 2 aliphatic heterocycles. The fraction of sp³-hybridized carbons (Fsp3) is 0.933. The van der Waals surface area contributed by atoms with E-state index in [1.54, 1.807) is 6.92 Å². The molecule has 0 aromatic carbocycles. The number of hydrogen-bond acceptors (Lipinski definition) is 4. The van der Waals surface area contributed by atoms with Gasteiger partial charge in [-0.25, -0.2) is 0 Å². The van der Waals surface area contributed by atoms with E-state index in [1.165, 1.54) is 25.8 Å². The number of carbonyl (C=O) groups is 1. The number of aliphatic carboxylic acids is 1. The predicted molar refractivity (Wildman–Crippen MR) is 80.0 cm³/mol. The molecule has 5 nitrogen and oxygen atoms in total. The van der Waals surface area contributed by atoms with Crippen LogP contribution in [0.2, 0.25) is 0 Å². The van der Waals surface area contributed by atoms with E-state index in [1.807, 2.05) is 6.92 Å². The first kappa shape index (κ1) is 15.7. The van der Waals surface area contributed by atoms with Crippen LogP contribution < -0.4 is 5.32 Å². The summed E-state index contributed by atoms with van der Waals surface area (Å²) in [5.74, 6) is -0.740. The number of nitrogens with one attached hydrogen (secondary N) is 1. The normalized spacial score (nSPS) is 27.8. The van der Waals surface area contributed by atoms with E-state index < -0.39 is 11.5 Å². The number of fused-ring (bicyclic) bond motifs is 1. The van der Waals surface area contributed by atoms with E-state index in [0.29, 0.717) is 19.0 Å². The second-order valence-electron chi connectivity index (χ2n) is 6.40. The number of likely N-dealkylation sites (N-methyl/N-ethyl adjacent to an activating group) is 1. The number of nitrogens with zero attached hydrogens (tertiary/aromatic N) is 2. The maximum absolute atomic E-state index is 11.4. The van der Waals surface area contributed by atoms with Crippen molar-refractivity contribution in [3.05, 3.63) is 0 Å². The summed E-state index contributed by atoms with van der Waals surface area (Å²) in [4.78, 5) is 16.5. The van der Waals surface area contributed by atoms with E-state index in [-0.39, 0.29) is 0 Å². The molecular weight excluding hydrogens is 254 g/mol. The van der Waals surface area contributed by atoms with Crippen LogP contribution in [0.1, 0.15) is 39.5 Å². The number of piperazine rings is 1. The van der Waals surface area contributed by atoms with Crippen molar-refractivity contribution < 1.29 is 9.90 Å². The fourth-order valence-electron chi connectivity index (χ4n) is 3.47. The molecule has 5 heteroatoms. The number of carboxylic acids is 1. The molecule has 0 spiro atoms. The molecule has 0 aromatic heterocycles. The average molecular weight is 283 g/mol. The Morgan fingerprint density at radius 2 is 2.15 bits per heavy atom. The number of hydrogen-bond donors (Lipinski definition) is 2. The number of rotatable bonds is 6. The van der Waals surface area contributed by atoms with Crippen molar-refractivity contribution in [1.29, 1.82) is 0 Å². The first-order valence-corrected chi connectivity index (χ1v) is 8.00. The summed E-state index contributed by atoms with van der Waals surface area (Å²) in [6.07, 6.45) is 4.66. The van der Waals surface area contributed by atoms with Gasteiger partial charge in [-0.2, -0.15) is 0 Å². The monoisotopic (exact) mass is 283 g/mol. The van der Waals surface area contributed by atoms with Crippen molar-refractivity contribution in [3.8, 4) is 0 Å². The van der Waals surface area contributed by atoms with Gasteiger partial charge in [-0.05, 0) is 39.3 Å². The summed E-state index contributed by atoms with van der Waals surface area (Å²) < 4.78 is 0. The summed E-state index contributed by atoms with van der Waals surface area (Å²) in [6, 6.07) is 0.702. The minimum Gasteiger partial charge on any atom is -0.480 e. The molecule has 2 rings (SSSR count). The third kappa shape index (κ3) is 3.71. The molecule has 2 atom stereocenters. The lowest BCUT2D eigenvalue weighted by atomic mass is 9.96. The zero-order valence-corrected chi connectivity index (χ0v) is 12.9. The Labute approximate surface area is 122 Å². The zero-order chi connectivity index (χ0) is 14.6. The van der Waals surface area contributed by atoms with Gasteiger partial charge in [0.15, 0.2) is 0 Å². The SMILES string of the molecule is CCNC(C)(CCN1CCN2CCCCC2C1)C(=O)O. The Kier molecular flexibility index (Phi) is 5.41. The molecule has 20 heavy (non-hydrogen) atoms. The van der Waals surface area contributed by atoms with E-state index in [2.05, 4.69) is 15.1 Å². The molecule has 0 aromatic rings. The number of piperidine rings is 1. The summed E-state index contributed by atoms with van der Waals surface area (Å²) in [5.41, 5.74) is -0.793. The first-order valence-electron chi connectivity index (χ1n) is 8.00. The van der Waals surface area contributed by atoms with E-state index in [0.717, 1.165) is 26.2 Å². The highest BCUT2D eigenvalue weighted by Gasteiger charge is 2.34. The molecular formula is C15H29N3O2. The second-order valence-corrected chi connectivity index (χ2v) is 6.40. The summed E-state index contributed by atoms with van der Waals surface area (Å²) >= 11 is 0. The third-order valence-corrected chi connectivity index (χ3v) is 4.89. The van der Waals surface area contributed by atoms with Crippen LogP contribution in [0.15, 0.2) is 0 Å². The van der Waals surface area contributed by atoms with Gasteiger partial charge in [0.25, 0.3) is 0 Å². The third-order valence-electron chi connectivity index (χ3n) is 4.89. The van der Waals surface area contributed by atoms with Crippen LogP contribution in [0.4, 0.5) is 0 Å². The zero-order valence-electron chi connectivity index (χ0n) is 12.9. The fourth-order valence-corrected chi connectivity index (χ4v) is 3.47. The highest BCUT2D eigenvalue weighted by Crippen LogP contribution is 2.22. The topological polar surface area (TPSA) is 55.8 Å². The second kappa shape index (κ2) is 6.87. The minimum atomic E-state index is -0.793. The van der Waals surface area contributed by atoms with Crippen molar-refractivity contribution in [3.63, 3.8) is 0 Å². The van der Waals surface area contributed by atoms with Crippen LogP contribution >= 0.6 is 0 Å². The molecule has 0 aliphatic carbocycles. The van der Waals surface area contributed by atoms with Gasteiger partial charge in [0.05, 0.1) is 0 Å². The smallest absolute Gasteiger partial charge is 0.323 e. The van der Waals surface area contributed by atoms with Crippen molar-refractivity contribution in [2.24, 2.45) is 0 Å². The molecule has 0 amide bonds. The molecule has 0 saturated carbocycles. The molecule has 2 aliphatic rings. The predicted octanol–water partition coefficient (Wildman–Crippen LogP) is 0.999. The van der Waals surface area contributed by atoms with E-state index >= 15 is 0 Å². The highest BCUT2D eigenvalue weighted by molar-refractivity contribution is 5.78. The van der Waals surface area contributed by atoms with Crippen molar-refractivity contribution in [1.82, 2.24) is 15.1 Å². The molecule has 116 valence electrons. The minimum absolute atomic E-state index is 0.670. The highest BCUT2D eigenvalue weighted by atomic mass is 16.4. The summed E-state index contributed by atoms with van der Waals surface area (Å²) in [7, 11) is 0. The Bertz CT molecular complexity index is 337. The quantitative estimate of drug-likeness (QED) is 0.761. The Morgan fingerprint density at radius 1 is 1.35 bits per heavy atom. The molecule has 2 unspecified atom stereocenters. The standard InChI is InChI=1S/C15H29N3O2/c1-3-16-15(2,14(19)20)7-9-17-10-11-18-8-5-4-6-13(18)12-17/h13,16H,3-12H2,1-2H3,(H,19,20). The first-order chi connectivity index (χ1) is 9.55. The molecule has 2 fully saturated rings. The Balaban J connectivity index is 1.83. The van der Waals surface area contributed by atoms with Gasteiger partial charge in [-0.1, -0.05) is 13.3 Å². The molecule has 2 saturated heterocycles.